The van der Waals surface area contributed by atoms with E-state index in [0.717, 1.165) is 38.0 Å². The zero-order chi connectivity index (χ0) is 16.8. The van der Waals surface area contributed by atoms with Gasteiger partial charge in [-0.3, -0.25) is 4.79 Å². The lowest BCUT2D eigenvalue weighted by atomic mass is 9.90. The van der Waals surface area contributed by atoms with E-state index in [1.54, 1.807) is 12.1 Å². The van der Waals surface area contributed by atoms with Gasteiger partial charge in [0.25, 0.3) is 0 Å². The number of carbonyl (C=O) groups is 1. The van der Waals surface area contributed by atoms with Crippen LogP contribution < -0.4 is 5.32 Å². The van der Waals surface area contributed by atoms with E-state index in [0.29, 0.717) is 5.92 Å². The number of rotatable bonds is 5. The molecule has 0 radical (unpaired) electrons. The molecule has 126 valence electrons. The SMILES string of the molecule is O=C(CNc1ccc(F)cc1)N1CCC(Cc2ccccc2)CC1. The lowest BCUT2D eigenvalue weighted by Gasteiger charge is -2.32. The van der Waals surface area contributed by atoms with Crippen molar-refractivity contribution in [3.8, 4) is 0 Å². The molecule has 2 aromatic rings. The van der Waals surface area contributed by atoms with Gasteiger partial charge in [-0.1, -0.05) is 30.3 Å². The Hall–Kier alpha value is -2.36. The van der Waals surface area contributed by atoms with Crippen molar-refractivity contribution in [3.05, 3.63) is 66.0 Å². The second kappa shape index (κ2) is 7.95. The molecule has 0 aliphatic carbocycles. The number of piperidine rings is 1. The average Bonchev–Trinajstić information content (AvgIpc) is 2.62. The van der Waals surface area contributed by atoms with Crippen molar-refractivity contribution in [2.24, 2.45) is 5.92 Å². The fourth-order valence-electron chi connectivity index (χ4n) is 3.19. The Morgan fingerprint density at radius 1 is 1.04 bits per heavy atom. The topological polar surface area (TPSA) is 32.3 Å². The Morgan fingerprint density at radius 2 is 1.71 bits per heavy atom. The Kier molecular flexibility index (Phi) is 5.47. The van der Waals surface area contributed by atoms with Gasteiger partial charge < -0.3 is 10.2 Å². The summed E-state index contributed by atoms with van der Waals surface area (Å²) in [5.74, 6) is 0.492. The van der Waals surface area contributed by atoms with E-state index in [2.05, 4.69) is 29.6 Å². The predicted molar refractivity (Wildman–Crippen MR) is 94.3 cm³/mol. The number of likely N-dealkylation sites (tertiary alicyclic amines) is 1. The quantitative estimate of drug-likeness (QED) is 0.908. The second-order valence-electron chi connectivity index (χ2n) is 6.37. The highest BCUT2D eigenvalue weighted by atomic mass is 19.1. The number of nitrogens with zero attached hydrogens (tertiary/aromatic N) is 1. The van der Waals surface area contributed by atoms with Crippen LogP contribution in [-0.2, 0) is 11.2 Å². The van der Waals surface area contributed by atoms with Crippen molar-refractivity contribution >= 4 is 11.6 Å². The molecule has 0 bridgehead atoms. The minimum absolute atomic E-state index is 0.109. The van der Waals surface area contributed by atoms with Crippen LogP contribution in [0.4, 0.5) is 10.1 Å². The first-order valence-electron chi connectivity index (χ1n) is 8.52. The van der Waals surface area contributed by atoms with Crippen molar-refractivity contribution in [1.29, 1.82) is 0 Å². The van der Waals surface area contributed by atoms with Crippen LogP contribution in [0.25, 0.3) is 0 Å². The summed E-state index contributed by atoms with van der Waals surface area (Å²) < 4.78 is 12.9. The standard InChI is InChI=1S/C20H23FN2O/c21-18-6-8-19(9-7-18)22-15-20(24)23-12-10-17(11-13-23)14-16-4-2-1-3-5-16/h1-9,17,22H,10-15H2. The number of hydrogen-bond acceptors (Lipinski definition) is 2. The van der Waals surface area contributed by atoms with E-state index in [9.17, 15) is 9.18 Å². The van der Waals surface area contributed by atoms with Crippen LogP contribution in [0.3, 0.4) is 0 Å². The maximum Gasteiger partial charge on any atom is 0.241 e. The Labute approximate surface area is 142 Å². The molecule has 1 fully saturated rings. The lowest BCUT2D eigenvalue weighted by Crippen LogP contribution is -2.41. The number of halogens is 1. The molecule has 1 aliphatic rings. The van der Waals surface area contributed by atoms with Gasteiger partial charge in [0.15, 0.2) is 0 Å². The first kappa shape index (κ1) is 16.5. The van der Waals surface area contributed by atoms with Crippen LogP contribution in [0, 0.1) is 11.7 Å². The molecule has 0 spiro atoms. The molecular weight excluding hydrogens is 303 g/mol. The van der Waals surface area contributed by atoms with Crippen LogP contribution in [0.1, 0.15) is 18.4 Å². The molecule has 1 saturated heterocycles. The number of benzene rings is 2. The third kappa shape index (κ3) is 4.57. The molecule has 0 aromatic heterocycles. The van der Waals surface area contributed by atoms with E-state index in [4.69, 9.17) is 0 Å². The molecule has 1 amide bonds. The van der Waals surface area contributed by atoms with Gasteiger partial charge in [-0.15, -0.1) is 0 Å². The Balaban J connectivity index is 1.42. The summed E-state index contributed by atoms with van der Waals surface area (Å²) in [5.41, 5.74) is 2.14. The normalized spacial score (nSPS) is 15.3. The summed E-state index contributed by atoms with van der Waals surface area (Å²) in [6, 6.07) is 16.6. The van der Waals surface area contributed by atoms with Gasteiger partial charge in [-0.25, -0.2) is 4.39 Å². The maximum atomic E-state index is 12.9. The van der Waals surface area contributed by atoms with Crippen LogP contribution >= 0.6 is 0 Å². The molecule has 1 N–H and O–H groups in total. The number of carbonyl (C=O) groups excluding carboxylic acids is 1. The molecule has 1 heterocycles. The zero-order valence-electron chi connectivity index (χ0n) is 13.7. The molecule has 24 heavy (non-hydrogen) atoms. The lowest BCUT2D eigenvalue weighted by molar-refractivity contribution is -0.130. The fraction of sp³-hybridized carbons (Fsp3) is 0.350. The van der Waals surface area contributed by atoms with Gasteiger partial charge in [0.2, 0.25) is 5.91 Å². The van der Waals surface area contributed by atoms with E-state index >= 15 is 0 Å². The first-order chi connectivity index (χ1) is 11.7. The Morgan fingerprint density at radius 3 is 2.38 bits per heavy atom. The van der Waals surface area contributed by atoms with Crippen LogP contribution in [-0.4, -0.2) is 30.4 Å². The van der Waals surface area contributed by atoms with E-state index in [-0.39, 0.29) is 18.3 Å². The first-order valence-corrected chi connectivity index (χ1v) is 8.52. The summed E-state index contributed by atoms with van der Waals surface area (Å²) in [6.45, 7) is 1.90. The summed E-state index contributed by atoms with van der Waals surface area (Å²) in [5, 5.41) is 3.06. The second-order valence-corrected chi connectivity index (χ2v) is 6.37. The van der Waals surface area contributed by atoms with Gasteiger partial charge >= 0.3 is 0 Å². The minimum atomic E-state index is -0.271. The van der Waals surface area contributed by atoms with E-state index < -0.39 is 0 Å². The van der Waals surface area contributed by atoms with Crippen molar-refractivity contribution in [3.63, 3.8) is 0 Å². The van der Waals surface area contributed by atoms with Gasteiger partial charge in [0.1, 0.15) is 5.82 Å². The molecule has 1 aliphatic heterocycles. The number of anilines is 1. The zero-order valence-corrected chi connectivity index (χ0v) is 13.7. The van der Waals surface area contributed by atoms with Crippen molar-refractivity contribution < 1.29 is 9.18 Å². The summed E-state index contributed by atoms with van der Waals surface area (Å²) in [7, 11) is 0. The molecule has 3 nitrogen and oxygen atoms in total. The molecule has 0 saturated carbocycles. The summed E-state index contributed by atoms with van der Waals surface area (Å²) >= 11 is 0. The molecule has 4 heteroatoms. The fourth-order valence-corrected chi connectivity index (χ4v) is 3.19. The third-order valence-electron chi connectivity index (χ3n) is 4.62. The Bertz CT molecular complexity index is 649. The minimum Gasteiger partial charge on any atom is -0.376 e. The highest BCUT2D eigenvalue weighted by Crippen LogP contribution is 2.21. The number of hydrogen-bond donors (Lipinski definition) is 1. The predicted octanol–water partition coefficient (Wildman–Crippen LogP) is 3.72. The maximum absolute atomic E-state index is 12.9. The highest BCUT2D eigenvalue weighted by molar-refractivity contribution is 5.80. The van der Waals surface area contributed by atoms with Gasteiger partial charge in [-0.05, 0) is 55.0 Å². The van der Waals surface area contributed by atoms with Gasteiger partial charge in [-0.2, -0.15) is 0 Å². The molecule has 2 aromatic carbocycles. The van der Waals surface area contributed by atoms with Crippen molar-refractivity contribution in [2.45, 2.75) is 19.3 Å². The van der Waals surface area contributed by atoms with Gasteiger partial charge in [0, 0.05) is 18.8 Å². The highest BCUT2D eigenvalue weighted by Gasteiger charge is 2.22. The average molecular weight is 326 g/mol. The van der Waals surface area contributed by atoms with Crippen molar-refractivity contribution in [1.82, 2.24) is 4.90 Å². The molecule has 0 unspecified atom stereocenters. The van der Waals surface area contributed by atoms with Crippen molar-refractivity contribution in [2.75, 3.05) is 25.0 Å². The molecule has 3 rings (SSSR count). The van der Waals surface area contributed by atoms with Gasteiger partial charge in [0.05, 0.1) is 6.54 Å². The molecule has 0 atom stereocenters. The number of amides is 1. The largest absolute Gasteiger partial charge is 0.376 e. The smallest absolute Gasteiger partial charge is 0.241 e. The summed E-state index contributed by atoms with van der Waals surface area (Å²) in [4.78, 5) is 14.2. The van der Waals surface area contributed by atoms with Crippen LogP contribution in [0.5, 0.6) is 0 Å². The van der Waals surface area contributed by atoms with E-state index in [1.165, 1.54) is 17.7 Å². The van der Waals surface area contributed by atoms with Crippen LogP contribution in [0.15, 0.2) is 54.6 Å². The number of nitrogens with one attached hydrogen (secondary N) is 1. The third-order valence-corrected chi connectivity index (χ3v) is 4.62. The molecular formula is C20H23FN2O. The summed E-state index contributed by atoms with van der Waals surface area (Å²) in [6.07, 6.45) is 3.20. The van der Waals surface area contributed by atoms with Crippen LogP contribution in [0.2, 0.25) is 0 Å². The van der Waals surface area contributed by atoms with E-state index in [1.807, 2.05) is 11.0 Å². The monoisotopic (exact) mass is 326 g/mol.